The molecule has 0 saturated heterocycles. The zero-order valence-corrected chi connectivity index (χ0v) is 18.3. The van der Waals surface area contributed by atoms with Crippen LogP contribution in [0.4, 0.5) is 5.69 Å². The number of benzene rings is 2. The van der Waals surface area contributed by atoms with Crippen LogP contribution in [0.3, 0.4) is 0 Å². The third-order valence-corrected chi connectivity index (χ3v) is 4.46. The van der Waals surface area contributed by atoms with Crippen molar-refractivity contribution in [2.75, 3.05) is 32.2 Å². The molecule has 8 nitrogen and oxygen atoms in total. The minimum Gasteiger partial charge on any atom is -0.497 e. The first kappa shape index (κ1) is 22.3. The van der Waals surface area contributed by atoms with E-state index in [0.717, 1.165) is 11.3 Å². The number of anilines is 1. The van der Waals surface area contributed by atoms with Gasteiger partial charge in [0.05, 0.1) is 19.4 Å². The molecule has 3 aromatic rings. The highest BCUT2D eigenvalue weighted by molar-refractivity contribution is 5.92. The fourth-order valence-electron chi connectivity index (χ4n) is 2.82. The van der Waals surface area contributed by atoms with Gasteiger partial charge in [0.1, 0.15) is 12.4 Å². The van der Waals surface area contributed by atoms with Crippen molar-refractivity contribution in [1.29, 1.82) is 0 Å². The molecule has 0 saturated carbocycles. The van der Waals surface area contributed by atoms with Crippen molar-refractivity contribution in [3.05, 3.63) is 48.5 Å². The molecule has 0 spiro atoms. The normalized spacial score (nSPS) is 10.9. The molecule has 3 rings (SSSR count). The Hall–Kier alpha value is -3.39. The van der Waals surface area contributed by atoms with Crippen molar-refractivity contribution in [3.63, 3.8) is 0 Å². The van der Waals surface area contributed by atoms with Gasteiger partial charge in [-0.05, 0) is 37.3 Å². The quantitative estimate of drug-likeness (QED) is 0.496. The lowest BCUT2D eigenvalue weighted by Gasteiger charge is -2.11. The van der Waals surface area contributed by atoms with E-state index in [0.29, 0.717) is 37.1 Å². The van der Waals surface area contributed by atoms with Crippen LogP contribution in [0.25, 0.3) is 17.1 Å². The molecule has 1 aromatic heterocycles. The minimum atomic E-state index is -0.118. The molecule has 0 radical (unpaired) electrons. The lowest BCUT2D eigenvalue weighted by molar-refractivity contribution is -0.118. The highest BCUT2D eigenvalue weighted by Gasteiger charge is 2.16. The van der Waals surface area contributed by atoms with Gasteiger partial charge in [0, 0.05) is 23.8 Å². The molecule has 1 amide bonds. The molecular formula is C23H28N4O4. The van der Waals surface area contributed by atoms with Gasteiger partial charge in [0.25, 0.3) is 0 Å². The first-order chi connectivity index (χ1) is 15.0. The molecule has 0 aliphatic heterocycles. The summed E-state index contributed by atoms with van der Waals surface area (Å²) in [5.74, 6) is 1.14. The molecule has 164 valence electrons. The topological polar surface area (TPSA) is 87.5 Å². The Kier molecular flexibility index (Phi) is 7.61. The number of methoxy groups -OCH3 is 1. The number of hydrogen-bond donors (Lipinski definition) is 1. The Morgan fingerprint density at radius 3 is 2.68 bits per heavy atom. The van der Waals surface area contributed by atoms with Gasteiger partial charge in [-0.15, -0.1) is 5.10 Å². The van der Waals surface area contributed by atoms with E-state index in [-0.39, 0.29) is 17.8 Å². The summed E-state index contributed by atoms with van der Waals surface area (Å²) in [6.07, 6.45) is 0. The smallest absolute Gasteiger partial charge is 0.336 e. The minimum absolute atomic E-state index is 0.0521. The van der Waals surface area contributed by atoms with Gasteiger partial charge in [0.2, 0.25) is 5.91 Å². The third kappa shape index (κ3) is 5.82. The molecule has 0 unspecified atom stereocenters. The van der Waals surface area contributed by atoms with Crippen LogP contribution in [0.1, 0.15) is 20.8 Å². The van der Waals surface area contributed by atoms with Crippen LogP contribution < -0.4 is 14.8 Å². The highest BCUT2D eigenvalue weighted by Crippen LogP contribution is 2.27. The Bertz CT molecular complexity index is 1020. The molecule has 0 bridgehead atoms. The molecule has 1 N–H and O–H groups in total. The maximum Gasteiger partial charge on any atom is 0.336 e. The van der Waals surface area contributed by atoms with Gasteiger partial charge in [0.15, 0.2) is 5.82 Å². The summed E-state index contributed by atoms with van der Waals surface area (Å²) in [6.45, 7) is 7.05. The first-order valence-electron chi connectivity index (χ1n) is 10.2. The van der Waals surface area contributed by atoms with Gasteiger partial charge < -0.3 is 19.5 Å². The van der Waals surface area contributed by atoms with E-state index in [4.69, 9.17) is 14.2 Å². The van der Waals surface area contributed by atoms with Crippen LogP contribution in [0, 0.1) is 5.92 Å². The monoisotopic (exact) mass is 424 g/mol. The van der Waals surface area contributed by atoms with Crippen molar-refractivity contribution in [3.8, 4) is 28.8 Å². The molecular weight excluding hydrogens is 396 g/mol. The molecule has 8 heteroatoms. The predicted molar refractivity (Wildman–Crippen MR) is 119 cm³/mol. The van der Waals surface area contributed by atoms with Crippen LogP contribution in [0.2, 0.25) is 0 Å². The summed E-state index contributed by atoms with van der Waals surface area (Å²) in [4.78, 5) is 16.7. The van der Waals surface area contributed by atoms with Crippen molar-refractivity contribution in [2.45, 2.75) is 20.8 Å². The van der Waals surface area contributed by atoms with E-state index < -0.39 is 0 Å². The third-order valence-electron chi connectivity index (χ3n) is 4.46. The summed E-state index contributed by atoms with van der Waals surface area (Å²) in [7, 11) is 1.62. The second kappa shape index (κ2) is 10.6. The summed E-state index contributed by atoms with van der Waals surface area (Å²) < 4.78 is 18.0. The zero-order chi connectivity index (χ0) is 22.2. The number of amides is 1. The number of hydrogen-bond acceptors (Lipinski definition) is 6. The van der Waals surface area contributed by atoms with Crippen LogP contribution in [-0.4, -0.2) is 47.6 Å². The molecule has 0 atom stereocenters. The summed E-state index contributed by atoms with van der Waals surface area (Å²) in [6, 6.07) is 15.3. The van der Waals surface area contributed by atoms with E-state index in [9.17, 15) is 4.79 Å². The van der Waals surface area contributed by atoms with Crippen molar-refractivity contribution in [2.24, 2.45) is 5.92 Å². The summed E-state index contributed by atoms with van der Waals surface area (Å²) >= 11 is 0. The number of rotatable bonds is 10. The van der Waals surface area contributed by atoms with Crippen LogP contribution >= 0.6 is 0 Å². The van der Waals surface area contributed by atoms with Gasteiger partial charge in [-0.1, -0.05) is 32.0 Å². The average Bonchev–Trinajstić information content (AvgIpc) is 3.21. The molecule has 2 aromatic carbocycles. The average molecular weight is 425 g/mol. The summed E-state index contributed by atoms with van der Waals surface area (Å²) in [5.41, 5.74) is 2.25. The Morgan fingerprint density at radius 1 is 1.13 bits per heavy atom. The second-order valence-electron chi connectivity index (χ2n) is 7.10. The number of carbonyl (C=O) groups excluding carboxylic acids is 1. The van der Waals surface area contributed by atoms with Gasteiger partial charge in [-0.2, -0.15) is 4.98 Å². The van der Waals surface area contributed by atoms with E-state index in [1.54, 1.807) is 11.8 Å². The fourth-order valence-corrected chi connectivity index (χ4v) is 2.82. The Morgan fingerprint density at radius 2 is 1.94 bits per heavy atom. The maximum atomic E-state index is 12.1. The molecule has 0 aliphatic carbocycles. The van der Waals surface area contributed by atoms with E-state index in [2.05, 4.69) is 15.4 Å². The number of nitrogens with one attached hydrogen (secondary N) is 1. The number of nitrogens with zero attached hydrogens (tertiary/aromatic N) is 3. The largest absolute Gasteiger partial charge is 0.497 e. The van der Waals surface area contributed by atoms with Crippen molar-refractivity contribution < 1.29 is 19.0 Å². The zero-order valence-electron chi connectivity index (χ0n) is 18.3. The van der Waals surface area contributed by atoms with Crippen LogP contribution in [-0.2, 0) is 9.53 Å². The molecule has 31 heavy (non-hydrogen) atoms. The van der Waals surface area contributed by atoms with Crippen molar-refractivity contribution in [1.82, 2.24) is 14.8 Å². The second-order valence-corrected chi connectivity index (χ2v) is 7.10. The molecule has 1 heterocycles. The highest BCUT2D eigenvalue weighted by atomic mass is 16.5. The number of aromatic nitrogens is 3. The van der Waals surface area contributed by atoms with Crippen LogP contribution in [0.15, 0.2) is 48.5 Å². The molecule has 0 aliphatic rings. The Balaban J connectivity index is 1.97. The Labute approximate surface area is 182 Å². The number of carbonyl (C=O) groups is 1. The van der Waals surface area contributed by atoms with E-state index >= 15 is 0 Å². The maximum absolute atomic E-state index is 12.1. The van der Waals surface area contributed by atoms with E-state index in [1.165, 1.54) is 0 Å². The lowest BCUT2D eigenvalue weighted by atomic mass is 10.2. The van der Waals surface area contributed by atoms with Crippen molar-refractivity contribution >= 4 is 11.6 Å². The lowest BCUT2D eigenvalue weighted by Crippen LogP contribution is -2.17. The van der Waals surface area contributed by atoms with E-state index in [1.807, 2.05) is 69.3 Å². The van der Waals surface area contributed by atoms with Gasteiger partial charge >= 0.3 is 6.01 Å². The predicted octanol–water partition coefficient (Wildman–Crippen LogP) is 3.95. The standard InChI is InChI=1S/C23H28N4O4/c1-5-30-12-13-31-23-25-21(17-8-6-11-20(14-17)29-4)27(26-23)19-10-7-9-18(15-19)24-22(28)16(2)3/h6-11,14-16H,5,12-13H2,1-4H3,(H,24,28). The van der Waals surface area contributed by atoms with Gasteiger partial charge in [-0.25, -0.2) is 4.68 Å². The SMILES string of the molecule is CCOCCOc1nc(-c2cccc(OC)c2)n(-c2cccc(NC(=O)C(C)C)c2)n1. The summed E-state index contributed by atoms with van der Waals surface area (Å²) in [5, 5.41) is 7.46. The van der Waals surface area contributed by atoms with Gasteiger partial charge in [-0.3, -0.25) is 4.79 Å². The van der Waals surface area contributed by atoms with Crippen LogP contribution in [0.5, 0.6) is 11.8 Å². The molecule has 0 fully saturated rings. The fraction of sp³-hybridized carbons (Fsp3) is 0.348. The number of ether oxygens (including phenoxy) is 3. The first-order valence-corrected chi connectivity index (χ1v) is 10.2.